The van der Waals surface area contributed by atoms with Gasteiger partial charge in [0.25, 0.3) is 0 Å². The number of benzene rings is 1. The molecule has 1 fully saturated rings. The Morgan fingerprint density at radius 1 is 1.22 bits per heavy atom. The van der Waals surface area contributed by atoms with E-state index in [-0.39, 0.29) is 4.90 Å². The van der Waals surface area contributed by atoms with Gasteiger partial charge in [0.2, 0.25) is 0 Å². The molecule has 1 saturated heterocycles. The van der Waals surface area contributed by atoms with Crippen LogP contribution in [-0.2, 0) is 30.5 Å². The molecule has 1 aromatic carbocycles. The third-order valence-corrected chi connectivity index (χ3v) is 6.30. The van der Waals surface area contributed by atoms with Crippen LogP contribution in [0.5, 0.6) is 0 Å². The molecule has 1 aliphatic rings. The summed E-state index contributed by atoms with van der Waals surface area (Å²) in [5.41, 5.74) is 0.928. The third-order valence-electron chi connectivity index (χ3n) is 3.24. The quantitative estimate of drug-likeness (QED) is 0.591. The lowest BCUT2D eigenvalue weighted by Gasteiger charge is -2.13. The highest BCUT2D eigenvalue weighted by molar-refractivity contribution is 7.97. The predicted molar refractivity (Wildman–Crippen MR) is 91.8 cm³/mol. The molecule has 0 saturated carbocycles. The van der Waals surface area contributed by atoms with E-state index in [1.165, 1.54) is 12.1 Å². The van der Waals surface area contributed by atoms with Crippen LogP contribution < -0.4 is 0 Å². The smallest absolute Gasteiger partial charge is 0.181 e. The van der Waals surface area contributed by atoms with Crippen molar-refractivity contribution in [2.75, 3.05) is 30.5 Å². The van der Waals surface area contributed by atoms with E-state index < -0.39 is 10.1 Å². The molecule has 1 heterocycles. The van der Waals surface area contributed by atoms with E-state index in [1.807, 2.05) is 6.92 Å². The van der Waals surface area contributed by atoms with E-state index in [2.05, 4.69) is 6.92 Å². The van der Waals surface area contributed by atoms with Crippen LogP contribution in [0, 0.1) is 6.92 Å². The third kappa shape index (κ3) is 8.50. The molecule has 5 nitrogen and oxygen atoms in total. The number of hydrogen-bond donors (Lipinski definition) is 0. The van der Waals surface area contributed by atoms with Gasteiger partial charge in [0, 0.05) is 6.42 Å². The molecule has 2 rings (SSSR count). The van der Waals surface area contributed by atoms with Crippen molar-refractivity contribution in [3.8, 4) is 0 Å². The lowest BCUT2D eigenvalue weighted by molar-refractivity contribution is -0.116. The Hall–Kier alpha value is -0.890. The first kappa shape index (κ1) is 20.2. The van der Waals surface area contributed by atoms with E-state index in [0.717, 1.165) is 48.9 Å². The Labute approximate surface area is 141 Å². The lowest BCUT2D eigenvalue weighted by Crippen LogP contribution is -2.31. The Morgan fingerprint density at radius 3 is 2.26 bits per heavy atom. The summed E-state index contributed by atoms with van der Waals surface area (Å²) < 4.78 is 36.4. The van der Waals surface area contributed by atoms with Crippen LogP contribution in [0.1, 0.15) is 25.3 Å². The molecule has 0 bridgehead atoms. The Balaban J connectivity index is 0.000000231. The van der Waals surface area contributed by atoms with Gasteiger partial charge in [0.15, 0.2) is 11.5 Å². The summed E-state index contributed by atoms with van der Waals surface area (Å²) in [6, 6.07) is 5.78. The second-order valence-electron chi connectivity index (χ2n) is 5.33. The topological polar surface area (TPSA) is 83.5 Å². The number of ether oxygens (including phenoxy) is 1. The number of Topliss-reactive ketones (excluding diaryl/α,β-unsaturated/α-hetero) is 1. The first-order valence-corrected chi connectivity index (χ1v) is 10.7. The van der Waals surface area contributed by atoms with Gasteiger partial charge in [-0.25, -0.2) is 8.42 Å². The van der Waals surface area contributed by atoms with Crippen molar-refractivity contribution in [2.45, 2.75) is 31.6 Å². The van der Waals surface area contributed by atoms with Crippen molar-refractivity contribution in [3.05, 3.63) is 29.8 Å². The van der Waals surface area contributed by atoms with Crippen molar-refractivity contribution in [1.82, 2.24) is 0 Å². The molecular formula is C16H24O5S2. The van der Waals surface area contributed by atoms with Crippen molar-refractivity contribution in [1.29, 1.82) is 0 Å². The minimum absolute atomic E-state index is 0.178. The fourth-order valence-corrected chi connectivity index (χ4v) is 4.25. The molecule has 23 heavy (non-hydrogen) atoms. The van der Waals surface area contributed by atoms with Crippen LogP contribution >= 0.6 is 0 Å². The lowest BCUT2D eigenvalue weighted by atomic mass is 10.2. The second kappa shape index (κ2) is 10.1. The van der Waals surface area contributed by atoms with Gasteiger partial charge in [0.1, 0.15) is 21.6 Å². The minimum atomic E-state index is -4.27. The second-order valence-corrected chi connectivity index (χ2v) is 9.04. The molecule has 1 aromatic rings. The monoisotopic (exact) mass is 360 g/mol. The van der Waals surface area contributed by atoms with Crippen LogP contribution in [0.2, 0.25) is 0 Å². The van der Waals surface area contributed by atoms with E-state index in [0.29, 0.717) is 16.7 Å². The number of carbonyl (C=O) groups excluding carboxylic acids is 1. The average Bonchev–Trinajstić information content (AvgIpc) is 2.48. The molecule has 0 amide bonds. The largest absolute Gasteiger partial charge is 0.744 e. The number of hydrogen-bond acceptors (Lipinski definition) is 5. The van der Waals surface area contributed by atoms with Crippen molar-refractivity contribution >= 4 is 26.8 Å². The van der Waals surface area contributed by atoms with E-state index in [9.17, 15) is 17.8 Å². The number of aryl methyl sites for hydroxylation is 1. The van der Waals surface area contributed by atoms with Crippen molar-refractivity contribution in [3.63, 3.8) is 0 Å². The molecule has 0 N–H and O–H groups in total. The molecule has 7 heteroatoms. The molecular weight excluding hydrogens is 336 g/mol. The van der Waals surface area contributed by atoms with Crippen molar-refractivity contribution in [2.24, 2.45) is 0 Å². The highest BCUT2D eigenvalue weighted by atomic mass is 32.2. The first-order valence-electron chi connectivity index (χ1n) is 7.59. The van der Waals surface area contributed by atoms with E-state index in [4.69, 9.17) is 4.74 Å². The normalized spacial score (nSPS) is 15.6. The highest BCUT2D eigenvalue weighted by Gasteiger charge is 2.24. The molecule has 0 aliphatic carbocycles. The number of ketones is 1. The van der Waals surface area contributed by atoms with Crippen LogP contribution in [0.4, 0.5) is 0 Å². The van der Waals surface area contributed by atoms with Crippen LogP contribution in [0.15, 0.2) is 29.2 Å². The predicted octanol–water partition coefficient (Wildman–Crippen LogP) is 1.90. The SMILES string of the molecule is CCCC(=O)C[S+]1CCOCC1.Cc1ccc(S(=O)(=O)[O-])cc1. The molecule has 0 spiro atoms. The molecule has 0 radical (unpaired) electrons. The standard InChI is InChI=1S/C9H17O2S.C7H8O3S/c1-2-3-9(10)8-12-6-4-11-5-7-12;1-6-2-4-7(5-3-6)11(8,9)10/h2-8H2,1H3;2-5H,1H3,(H,8,9,10)/q+1;/p-1. The maximum atomic E-state index is 11.3. The average molecular weight is 360 g/mol. The Bertz CT molecular complexity index is 575. The van der Waals surface area contributed by atoms with E-state index >= 15 is 0 Å². The summed E-state index contributed by atoms with van der Waals surface area (Å²) >= 11 is 0. The molecule has 0 unspecified atom stereocenters. The van der Waals surface area contributed by atoms with Gasteiger partial charge in [-0.1, -0.05) is 24.6 Å². The molecule has 1 aliphatic heterocycles. The van der Waals surface area contributed by atoms with Crippen molar-refractivity contribution < 1.29 is 22.5 Å². The molecule has 0 atom stereocenters. The summed E-state index contributed by atoms with van der Waals surface area (Å²) in [4.78, 5) is 11.1. The maximum Gasteiger partial charge on any atom is 0.181 e. The van der Waals surface area contributed by atoms with Gasteiger partial charge in [-0.2, -0.15) is 0 Å². The zero-order valence-electron chi connectivity index (χ0n) is 13.6. The Morgan fingerprint density at radius 2 is 1.78 bits per heavy atom. The van der Waals surface area contributed by atoms with Crippen LogP contribution in [0.3, 0.4) is 0 Å². The zero-order valence-corrected chi connectivity index (χ0v) is 15.2. The number of carbonyl (C=O) groups is 1. The van der Waals surface area contributed by atoms with Crippen LogP contribution in [0.25, 0.3) is 0 Å². The summed E-state index contributed by atoms with van der Waals surface area (Å²) in [7, 11) is -3.92. The molecule has 0 aromatic heterocycles. The van der Waals surface area contributed by atoms with Gasteiger partial charge in [-0.05, 0) is 36.4 Å². The van der Waals surface area contributed by atoms with Gasteiger partial charge in [-0.3, -0.25) is 4.79 Å². The summed E-state index contributed by atoms with van der Waals surface area (Å²) in [5, 5.41) is 0. The van der Waals surface area contributed by atoms with Crippen LogP contribution in [-0.4, -0.2) is 49.2 Å². The summed E-state index contributed by atoms with van der Waals surface area (Å²) in [6.45, 7) is 5.61. The van der Waals surface area contributed by atoms with E-state index in [1.54, 1.807) is 12.1 Å². The first-order chi connectivity index (χ1) is 10.8. The van der Waals surface area contributed by atoms with Gasteiger partial charge >= 0.3 is 0 Å². The number of rotatable bonds is 5. The maximum absolute atomic E-state index is 11.3. The highest BCUT2D eigenvalue weighted by Crippen LogP contribution is 2.08. The summed E-state index contributed by atoms with van der Waals surface area (Å²) in [6.07, 6.45) is 1.76. The zero-order chi connectivity index (χ0) is 17.3. The van der Waals surface area contributed by atoms with Gasteiger partial charge in [-0.15, -0.1) is 0 Å². The summed E-state index contributed by atoms with van der Waals surface area (Å²) in [5.74, 6) is 3.48. The molecule has 130 valence electrons. The minimum Gasteiger partial charge on any atom is -0.744 e. The van der Waals surface area contributed by atoms with Gasteiger partial charge < -0.3 is 9.29 Å². The van der Waals surface area contributed by atoms with Gasteiger partial charge in [0.05, 0.1) is 18.1 Å². The fraction of sp³-hybridized carbons (Fsp3) is 0.562. The fourth-order valence-electron chi connectivity index (χ4n) is 1.99. The Kier molecular flexibility index (Phi) is 8.83.